The summed E-state index contributed by atoms with van der Waals surface area (Å²) in [6, 6.07) is 7.24. The Balaban J connectivity index is 2.63. The van der Waals surface area contributed by atoms with Gasteiger partial charge in [0.2, 0.25) is 0 Å². The molecule has 0 amide bonds. The van der Waals surface area contributed by atoms with E-state index in [9.17, 15) is 4.79 Å². The van der Waals surface area contributed by atoms with Gasteiger partial charge in [0.1, 0.15) is 0 Å². The van der Waals surface area contributed by atoms with Gasteiger partial charge in [0.25, 0.3) is 0 Å². The van der Waals surface area contributed by atoms with Gasteiger partial charge in [-0.15, -0.1) is 0 Å². The number of carboxylic acid groups (broad SMARTS) is 1. The van der Waals surface area contributed by atoms with Crippen LogP contribution in [0.3, 0.4) is 0 Å². The van der Waals surface area contributed by atoms with E-state index in [-0.39, 0.29) is 0 Å². The molecule has 1 aromatic heterocycles. The van der Waals surface area contributed by atoms with E-state index in [1.807, 2.05) is 6.07 Å². The van der Waals surface area contributed by atoms with Crippen molar-refractivity contribution in [3.63, 3.8) is 0 Å². The number of aromatic nitrogens is 1. The van der Waals surface area contributed by atoms with Gasteiger partial charge in [-0.25, -0.2) is 0 Å². The molecule has 0 spiro atoms. The van der Waals surface area contributed by atoms with Crippen molar-refractivity contribution in [2.45, 2.75) is 12.8 Å². The number of benzene rings is 1. The highest BCUT2D eigenvalue weighted by atomic mass is 16.4. The third-order valence-electron chi connectivity index (χ3n) is 2.68. The number of aliphatic carboxylic acids is 1. The van der Waals surface area contributed by atoms with E-state index < -0.39 is 11.9 Å². The molecule has 2 rings (SSSR count). The van der Waals surface area contributed by atoms with Crippen LogP contribution < -0.4 is 0 Å². The zero-order valence-electron chi connectivity index (χ0n) is 8.69. The summed E-state index contributed by atoms with van der Waals surface area (Å²) in [6.07, 6.45) is 1.69. The minimum absolute atomic E-state index is 0.533. The number of aromatic amines is 1. The number of carbonyl (C=O) groups is 1. The number of nitrogens with one attached hydrogen (secondary N) is 1. The summed E-state index contributed by atoms with van der Waals surface area (Å²) >= 11 is 0. The van der Waals surface area contributed by atoms with Crippen LogP contribution in [-0.2, 0) is 4.79 Å². The van der Waals surface area contributed by atoms with Crippen LogP contribution in [0, 0.1) is 11.3 Å². The van der Waals surface area contributed by atoms with E-state index in [1.165, 1.54) is 0 Å². The van der Waals surface area contributed by atoms with E-state index >= 15 is 0 Å². The first kappa shape index (κ1) is 10.2. The van der Waals surface area contributed by atoms with E-state index in [0.717, 1.165) is 10.9 Å². The molecular formula is C12H10N2O2. The number of hydrogen-bond donors (Lipinski definition) is 2. The van der Waals surface area contributed by atoms with Crippen LogP contribution in [0.2, 0.25) is 0 Å². The first-order chi connectivity index (χ1) is 7.63. The second-order valence-electron chi connectivity index (χ2n) is 3.68. The molecule has 0 fully saturated rings. The monoisotopic (exact) mass is 214 g/mol. The Morgan fingerprint density at radius 2 is 2.31 bits per heavy atom. The van der Waals surface area contributed by atoms with Crippen LogP contribution in [0.25, 0.3) is 10.9 Å². The Labute approximate surface area is 92.1 Å². The Bertz CT molecular complexity index is 593. The minimum Gasteiger partial charge on any atom is -0.481 e. The largest absolute Gasteiger partial charge is 0.481 e. The molecule has 2 N–H and O–H groups in total. The highest BCUT2D eigenvalue weighted by Crippen LogP contribution is 2.26. The van der Waals surface area contributed by atoms with Crippen molar-refractivity contribution >= 4 is 16.9 Å². The van der Waals surface area contributed by atoms with E-state index in [1.54, 1.807) is 31.3 Å². The third-order valence-corrected chi connectivity index (χ3v) is 2.68. The maximum Gasteiger partial charge on any atom is 0.310 e. The van der Waals surface area contributed by atoms with Gasteiger partial charge < -0.3 is 10.1 Å². The lowest BCUT2D eigenvalue weighted by Crippen LogP contribution is -2.06. The molecule has 1 aromatic carbocycles. The lowest BCUT2D eigenvalue weighted by atomic mass is 10.00. The van der Waals surface area contributed by atoms with Crippen molar-refractivity contribution in [1.29, 1.82) is 5.26 Å². The Kier molecular flexibility index (Phi) is 2.37. The predicted octanol–water partition coefficient (Wildman–Crippen LogP) is 2.23. The maximum atomic E-state index is 10.9. The molecule has 16 heavy (non-hydrogen) atoms. The van der Waals surface area contributed by atoms with Crippen LogP contribution in [0.15, 0.2) is 24.4 Å². The van der Waals surface area contributed by atoms with E-state index in [0.29, 0.717) is 11.1 Å². The van der Waals surface area contributed by atoms with Crippen LogP contribution in [0.1, 0.15) is 24.0 Å². The molecule has 0 radical (unpaired) electrons. The highest BCUT2D eigenvalue weighted by molar-refractivity contribution is 5.89. The highest BCUT2D eigenvalue weighted by Gasteiger charge is 2.17. The second-order valence-corrected chi connectivity index (χ2v) is 3.68. The molecule has 80 valence electrons. The Morgan fingerprint density at radius 3 is 2.94 bits per heavy atom. The first-order valence-corrected chi connectivity index (χ1v) is 4.87. The summed E-state index contributed by atoms with van der Waals surface area (Å²) in [5.41, 5.74) is 2.09. The number of fused-ring (bicyclic) bond motifs is 1. The summed E-state index contributed by atoms with van der Waals surface area (Å²) in [6.45, 7) is 1.63. The number of nitriles is 1. The summed E-state index contributed by atoms with van der Waals surface area (Å²) in [4.78, 5) is 13.9. The molecular weight excluding hydrogens is 204 g/mol. The van der Waals surface area contributed by atoms with Crippen LogP contribution in [0.4, 0.5) is 0 Å². The number of H-pyrrole nitrogens is 1. The fourth-order valence-corrected chi connectivity index (χ4v) is 1.70. The summed E-state index contributed by atoms with van der Waals surface area (Å²) in [5.74, 6) is -1.45. The van der Waals surface area contributed by atoms with Gasteiger partial charge >= 0.3 is 5.97 Å². The fraction of sp³-hybridized carbons (Fsp3) is 0.167. The van der Waals surface area contributed by atoms with Gasteiger partial charge in [0.15, 0.2) is 0 Å². The topological polar surface area (TPSA) is 76.9 Å². The van der Waals surface area contributed by atoms with Crippen molar-refractivity contribution in [3.8, 4) is 6.07 Å². The van der Waals surface area contributed by atoms with Gasteiger partial charge in [-0.1, -0.05) is 0 Å². The normalized spacial score (nSPS) is 12.2. The average Bonchev–Trinajstić information content (AvgIpc) is 2.70. The van der Waals surface area contributed by atoms with E-state index in [4.69, 9.17) is 10.4 Å². The molecule has 0 aliphatic carbocycles. The van der Waals surface area contributed by atoms with Crippen molar-refractivity contribution < 1.29 is 9.90 Å². The molecule has 4 nitrogen and oxygen atoms in total. The zero-order valence-corrected chi connectivity index (χ0v) is 8.69. The number of carboxylic acids is 1. The van der Waals surface area contributed by atoms with Gasteiger partial charge in [-0.2, -0.15) is 5.26 Å². The number of hydrogen-bond acceptors (Lipinski definition) is 2. The maximum absolute atomic E-state index is 10.9. The summed E-state index contributed by atoms with van der Waals surface area (Å²) in [7, 11) is 0. The standard InChI is InChI=1S/C12H10N2O2/c1-7(12(15)16)10-6-14-11-3-2-8(5-13)4-9(10)11/h2-4,6-7,14H,1H3,(H,15,16). The van der Waals surface area contributed by atoms with Crippen molar-refractivity contribution in [3.05, 3.63) is 35.5 Å². The quantitative estimate of drug-likeness (QED) is 0.804. The Morgan fingerprint density at radius 1 is 1.56 bits per heavy atom. The molecule has 1 atom stereocenters. The van der Waals surface area contributed by atoms with Crippen molar-refractivity contribution in [2.24, 2.45) is 0 Å². The molecule has 1 unspecified atom stereocenters. The van der Waals surface area contributed by atoms with E-state index in [2.05, 4.69) is 4.98 Å². The van der Waals surface area contributed by atoms with Gasteiger partial charge in [0.05, 0.1) is 17.6 Å². The second kappa shape index (κ2) is 3.70. The zero-order chi connectivity index (χ0) is 11.7. The lowest BCUT2D eigenvalue weighted by molar-refractivity contribution is -0.138. The molecule has 2 aromatic rings. The average molecular weight is 214 g/mol. The molecule has 0 saturated carbocycles. The predicted molar refractivity (Wildman–Crippen MR) is 59.1 cm³/mol. The Hall–Kier alpha value is -2.28. The smallest absolute Gasteiger partial charge is 0.310 e. The van der Waals surface area contributed by atoms with Crippen molar-refractivity contribution in [2.75, 3.05) is 0 Å². The van der Waals surface area contributed by atoms with Gasteiger partial charge in [0, 0.05) is 17.1 Å². The van der Waals surface area contributed by atoms with Crippen LogP contribution in [-0.4, -0.2) is 16.1 Å². The molecule has 4 heteroatoms. The first-order valence-electron chi connectivity index (χ1n) is 4.87. The molecule has 1 heterocycles. The van der Waals surface area contributed by atoms with Gasteiger partial charge in [-0.3, -0.25) is 4.79 Å². The molecule has 0 aliphatic heterocycles. The third kappa shape index (κ3) is 1.52. The number of nitrogens with zero attached hydrogens (tertiary/aromatic N) is 1. The van der Waals surface area contributed by atoms with Crippen LogP contribution in [0.5, 0.6) is 0 Å². The van der Waals surface area contributed by atoms with Crippen molar-refractivity contribution in [1.82, 2.24) is 4.98 Å². The molecule has 0 saturated heterocycles. The summed E-state index contributed by atoms with van der Waals surface area (Å²) in [5, 5.41) is 18.6. The fourth-order valence-electron chi connectivity index (χ4n) is 1.70. The minimum atomic E-state index is -0.872. The molecule has 0 aliphatic rings. The van der Waals surface area contributed by atoms with Crippen LogP contribution >= 0.6 is 0 Å². The number of rotatable bonds is 2. The molecule has 0 bridgehead atoms. The summed E-state index contributed by atoms with van der Waals surface area (Å²) < 4.78 is 0. The SMILES string of the molecule is CC(C(=O)O)c1c[nH]c2ccc(C#N)cc12. The lowest BCUT2D eigenvalue weighted by Gasteiger charge is -2.03. The van der Waals surface area contributed by atoms with Gasteiger partial charge in [-0.05, 0) is 30.7 Å².